The Bertz CT molecular complexity index is 3080. The Kier molecular flexibility index (Phi) is 21.6. The lowest BCUT2D eigenvalue weighted by Gasteiger charge is -2.59. The molecule has 0 amide bonds. The normalized spacial score (nSPS) is 31.9. The van der Waals surface area contributed by atoms with E-state index >= 15 is 0 Å². The van der Waals surface area contributed by atoms with Gasteiger partial charge in [0.15, 0.2) is 33.3 Å². The molecule has 94 heavy (non-hydrogen) atoms. The van der Waals surface area contributed by atoms with Crippen molar-refractivity contribution in [1.82, 2.24) is 0 Å². The summed E-state index contributed by atoms with van der Waals surface area (Å²) in [7, 11) is -7.99. The first kappa shape index (κ1) is 75.4. The van der Waals surface area contributed by atoms with Gasteiger partial charge in [0.2, 0.25) is 0 Å². The van der Waals surface area contributed by atoms with Gasteiger partial charge in [-0.2, -0.15) is 0 Å². The third-order valence-corrected chi connectivity index (χ3v) is 46.6. The molecule has 0 heterocycles. The van der Waals surface area contributed by atoms with Gasteiger partial charge in [-0.1, -0.05) is 217 Å². The Morgan fingerprint density at radius 1 is 0.457 bits per heavy atom. The number of benzene rings is 2. The van der Waals surface area contributed by atoms with Crippen LogP contribution in [0.15, 0.2) is 131 Å². The first-order valence-corrected chi connectivity index (χ1v) is 49.4. The molecule has 14 heteroatoms. The van der Waals surface area contributed by atoms with E-state index in [0.29, 0.717) is 35.2 Å². The number of hydrogen-bond acceptors (Lipinski definition) is 10. The van der Waals surface area contributed by atoms with Crippen LogP contribution in [0.5, 0.6) is 11.5 Å². The molecule has 0 radical (unpaired) electrons. The fourth-order valence-corrected chi connectivity index (χ4v) is 24.3. The van der Waals surface area contributed by atoms with Gasteiger partial charge in [0, 0.05) is 21.3 Å². The maximum atomic E-state index is 12.9. The van der Waals surface area contributed by atoms with E-state index in [4.69, 9.17) is 27.2 Å². The van der Waals surface area contributed by atoms with Crippen LogP contribution in [0, 0.1) is 45.3 Å². The second kappa shape index (κ2) is 27.0. The highest BCUT2D eigenvalue weighted by atomic mass is 32.2. The zero-order chi connectivity index (χ0) is 69.6. The molecule has 14 atom stereocenters. The van der Waals surface area contributed by atoms with Gasteiger partial charge in [0.05, 0.1) is 24.4 Å². The SMILES string of the molecule is C[C@@H](SC(=O)Oc1ccccc1)C1=CCC2C3=CC=C4C[C@@H](O[Si](C)(C)C(C)(C)C)C[C@H](O[Si](C)(C)C(C)(C)C)[C@]4(C)C3CC[C@]12C.C[C@H](SC(=O)Oc1ccccc1)C1=CCC2C3=CC=C4C[C@@H](O[Si](C)(C)C(C)(C)C)C[C@H](O[Si](C)(C)C(C)(C)C)[C@]4(C)C3CC[C@]12C. The minimum atomic E-state index is -2.06. The van der Waals surface area contributed by atoms with Crippen molar-refractivity contribution in [2.75, 3.05) is 0 Å². The number of para-hydroxylation sites is 2. The summed E-state index contributed by atoms with van der Waals surface area (Å²) in [5.74, 6) is 3.03. The molecule has 0 aliphatic heterocycles. The van der Waals surface area contributed by atoms with E-state index in [0.717, 1.165) is 64.2 Å². The largest absolute Gasteiger partial charge is 0.418 e. The van der Waals surface area contributed by atoms with Crippen LogP contribution in [0.1, 0.15) is 189 Å². The second-order valence-electron chi connectivity index (χ2n) is 36.7. The molecule has 0 aromatic heterocycles. The highest BCUT2D eigenvalue weighted by Crippen LogP contribution is 2.68. The summed E-state index contributed by atoms with van der Waals surface area (Å²) in [5.41, 5.74) is 9.10. The molecule has 2 aromatic rings. The van der Waals surface area contributed by atoms with Crippen LogP contribution in [-0.2, 0) is 17.7 Å². The van der Waals surface area contributed by atoms with E-state index in [1.165, 1.54) is 45.8 Å². The molecule has 4 fully saturated rings. The number of ether oxygens (including phenoxy) is 2. The van der Waals surface area contributed by atoms with Gasteiger partial charge in [-0.15, -0.1) is 0 Å². The monoisotopic (exact) mass is 1390 g/mol. The van der Waals surface area contributed by atoms with Crippen molar-refractivity contribution in [2.24, 2.45) is 45.3 Å². The van der Waals surface area contributed by atoms with Gasteiger partial charge >= 0.3 is 10.6 Å². The van der Waals surface area contributed by atoms with E-state index in [2.05, 4.69) is 213 Å². The van der Waals surface area contributed by atoms with Crippen LogP contribution in [-0.4, -0.2) is 78.8 Å². The van der Waals surface area contributed by atoms with Crippen molar-refractivity contribution in [1.29, 1.82) is 0 Å². The standard InChI is InChI=1S/2C40H62O4SSi2/c2*1-27(45-36(41)42-29-17-15-14-16-18-29)32-21-22-33-31-20-19-28-25-30(43-46(10,11)37(2,3)4)26-35(44-47(12,13)38(5,6)7)40(28,9)34(31)23-24-39(32,33)8/h2*14-21,27,30,33-35H,22-26H2,1-13H3/t27-,30+,33?,34?,35-,39+,40-;27-,30-,33?,34?,35+,39-,40+/m01/s1. The Morgan fingerprint density at radius 3 is 1.07 bits per heavy atom. The minimum absolute atomic E-state index is 0.0436. The van der Waals surface area contributed by atoms with E-state index in [9.17, 15) is 9.59 Å². The van der Waals surface area contributed by atoms with Crippen LogP contribution < -0.4 is 9.47 Å². The van der Waals surface area contributed by atoms with E-state index in [-0.39, 0.29) is 87.3 Å². The maximum absolute atomic E-state index is 12.9. The summed E-state index contributed by atoms with van der Waals surface area (Å²) in [4.78, 5) is 25.9. The number of thioether (sulfide) groups is 2. The van der Waals surface area contributed by atoms with E-state index in [1.807, 2.05) is 60.7 Å². The summed E-state index contributed by atoms with van der Waals surface area (Å²) >= 11 is 2.64. The van der Waals surface area contributed by atoms with Crippen molar-refractivity contribution in [3.05, 3.63) is 131 Å². The third-order valence-electron chi connectivity index (χ3n) is 26.8. The van der Waals surface area contributed by atoms with Crippen molar-refractivity contribution >= 4 is 67.4 Å². The van der Waals surface area contributed by atoms with Crippen molar-refractivity contribution in [3.8, 4) is 11.5 Å². The van der Waals surface area contributed by atoms with Gasteiger partial charge in [-0.3, -0.25) is 0 Å². The predicted molar refractivity (Wildman–Crippen MR) is 408 cm³/mol. The summed E-state index contributed by atoms with van der Waals surface area (Å²) in [5, 5.41) is 0.298. The third kappa shape index (κ3) is 14.7. The number of allylic oxidation sites excluding steroid dienone is 8. The summed E-state index contributed by atoms with van der Waals surface area (Å²) in [6.07, 6.45) is 26.1. The predicted octanol–water partition coefficient (Wildman–Crippen LogP) is 24.2. The molecule has 0 N–H and O–H groups in total. The van der Waals surface area contributed by atoms with Crippen LogP contribution in [0.3, 0.4) is 0 Å². The van der Waals surface area contributed by atoms with Gasteiger partial charge in [-0.05, 0) is 233 Å². The first-order valence-electron chi connectivity index (χ1n) is 36.0. The van der Waals surface area contributed by atoms with E-state index in [1.54, 1.807) is 11.1 Å². The topological polar surface area (TPSA) is 89.5 Å². The maximum Gasteiger partial charge on any atom is 0.373 e. The zero-order valence-corrected chi connectivity index (χ0v) is 68.8. The molecular weight excluding hydrogens is 1270 g/mol. The molecule has 0 bridgehead atoms. The summed E-state index contributed by atoms with van der Waals surface area (Å²) in [6, 6.07) is 18.8. The molecule has 8 aliphatic rings. The highest BCUT2D eigenvalue weighted by Gasteiger charge is 2.62. The van der Waals surface area contributed by atoms with E-state index < -0.39 is 33.3 Å². The van der Waals surface area contributed by atoms with Crippen LogP contribution >= 0.6 is 23.5 Å². The second-order valence-corrected chi connectivity index (χ2v) is 58.2. The molecular formula is C80H124O8S2Si4. The number of hydrogen-bond donors (Lipinski definition) is 0. The fourth-order valence-electron chi connectivity index (χ4n) is 16.9. The number of fused-ring (bicyclic) bond motifs is 10. The lowest BCUT2D eigenvalue weighted by Crippen LogP contribution is -2.58. The van der Waals surface area contributed by atoms with Crippen molar-refractivity contribution in [3.63, 3.8) is 0 Å². The Hall–Kier alpha value is -2.77. The molecule has 8 aliphatic carbocycles. The Morgan fingerprint density at radius 2 is 0.766 bits per heavy atom. The van der Waals surface area contributed by atoms with Gasteiger partial charge in [-0.25, -0.2) is 9.59 Å². The van der Waals surface area contributed by atoms with Gasteiger partial charge in [0.25, 0.3) is 0 Å². The molecule has 2 aromatic carbocycles. The number of carbonyl (C=O) groups is 2. The summed E-state index contributed by atoms with van der Waals surface area (Å²) < 4.78 is 40.7. The lowest BCUT2D eigenvalue weighted by molar-refractivity contribution is -0.0387. The highest BCUT2D eigenvalue weighted by molar-refractivity contribution is 8.14. The van der Waals surface area contributed by atoms with Crippen LogP contribution in [0.4, 0.5) is 9.59 Å². The van der Waals surface area contributed by atoms with Crippen LogP contribution in [0.25, 0.3) is 0 Å². The number of rotatable bonds is 14. The zero-order valence-electron chi connectivity index (χ0n) is 63.2. The smallest absolute Gasteiger partial charge is 0.373 e. The van der Waals surface area contributed by atoms with Crippen molar-refractivity contribution < 1.29 is 36.8 Å². The van der Waals surface area contributed by atoms with Gasteiger partial charge < -0.3 is 27.2 Å². The average Bonchev–Trinajstić information content (AvgIpc) is 1.23. The molecule has 10 rings (SSSR count). The Labute approximate surface area is 583 Å². The van der Waals surface area contributed by atoms with Gasteiger partial charge in [0.1, 0.15) is 11.5 Å². The van der Waals surface area contributed by atoms with Crippen LogP contribution in [0.2, 0.25) is 72.5 Å². The van der Waals surface area contributed by atoms with Crippen molar-refractivity contribution in [2.45, 2.75) is 296 Å². The molecule has 520 valence electrons. The molecule has 4 saturated carbocycles. The number of carbonyl (C=O) groups excluding carboxylic acids is 2. The fraction of sp³-hybridized carbons (Fsp3) is 0.675. The molecule has 0 spiro atoms. The molecule has 8 nitrogen and oxygen atoms in total. The lowest BCUT2D eigenvalue weighted by atomic mass is 9.49. The quantitative estimate of drug-likeness (QED) is 0.103. The average molecular weight is 1390 g/mol. The minimum Gasteiger partial charge on any atom is -0.418 e. The first-order chi connectivity index (χ1) is 43.2. The Balaban J connectivity index is 0.000000221. The molecule has 0 saturated heterocycles. The molecule has 4 unspecified atom stereocenters. The summed E-state index contributed by atoms with van der Waals surface area (Å²) in [6.45, 7) is 61.9.